The minimum Gasteiger partial charge on any atom is -0.379 e. The summed E-state index contributed by atoms with van der Waals surface area (Å²) in [5, 5.41) is 0. The molecule has 0 aliphatic carbocycles. The number of aryl methyl sites for hydroxylation is 1. The van der Waals surface area contributed by atoms with Crippen molar-refractivity contribution >= 4 is 28.3 Å². The molecule has 0 bridgehead atoms. The molecule has 0 spiro atoms. The van der Waals surface area contributed by atoms with Crippen molar-refractivity contribution in [3.05, 3.63) is 29.3 Å². The van der Waals surface area contributed by atoms with Crippen LogP contribution in [0.1, 0.15) is 35.7 Å². The lowest BCUT2D eigenvalue weighted by Crippen LogP contribution is -2.43. The van der Waals surface area contributed by atoms with E-state index in [4.69, 9.17) is 10.5 Å². The van der Waals surface area contributed by atoms with Gasteiger partial charge >= 0.3 is 0 Å². The van der Waals surface area contributed by atoms with Crippen molar-refractivity contribution in [2.45, 2.75) is 37.6 Å². The summed E-state index contributed by atoms with van der Waals surface area (Å²) in [4.78, 5) is 14.9. The third-order valence-corrected chi connectivity index (χ3v) is 7.63. The van der Waals surface area contributed by atoms with Gasteiger partial charge in [-0.05, 0) is 50.3 Å². The number of hydrogen-bond acceptors (Lipinski definition) is 5. The quantitative estimate of drug-likeness (QED) is 0.782. The van der Waals surface area contributed by atoms with Crippen LogP contribution in [0.15, 0.2) is 23.1 Å². The molecule has 2 saturated heterocycles. The highest BCUT2D eigenvalue weighted by Crippen LogP contribution is 2.25. The van der Waals surface area contributed by atoms with Gasteiger partial charge in [0.25, 0.3) is 5.91 Å². The largest absolute Gasteiger partial charge is 0.379 e. The third kappa shape index (κ3) is 4.86. The Balaban J connectivity index is 0.00000280. The van der Waals surface area contributed by atoms with Gasteiger partial charge in [0, 0.05) is 37.8 Å². The van der Waals surface area contributed by atoms with Crippen LogP contribution < -0.4 is 5.73 Å². The van der Waals surface area contributed by atoms with Crippen molar-refractivity contribution in [1.29, 1.82) is 0 Å². The number of likely N-dealkylation sites (tertiary alicyclic amines) is 1. The van der Waals surface area contributed by atoms with Crippen LogP contribution in [0.5, 0.6) is 0 Å². The number of ether oxygens (including phenoxy) is 1. The summed E-state index contributed by atoms with van der Waals surface area (Å²) >= 11 is 0. The Kier molecular flexibility index (Phi) is 7.87. The van der Waals surface area contributed by atoms with Gasteiger partial charge in [0.1, 0.15) is 0 Å². The molecule has 1 amide bonds. The van der Waals surface area contributed by atoms with Gasteiger partial charge in [0.2, 0.25) is 10.0 Å². The number of nitrogens with zero attached hydrogens (tertiary/aromatic N) is 2. The smallest absolute Gasteiger partial charge is 0.253 e. The highest BCUT2D eigenvalue weighted by molar-refractivity contribution is 7.89. The molecule has 2 aliphatic rings. The molecule has 158 valence electrons. The number of nitrogens with two attached hydrogens (primary N) is 1. The van der Waals surface area contributed by atoms with Crippen molar-refractivity contribution in [3.8, 4) is 0 Å². The zero-order chi connectivity index (χ0) is 19.6. The Morgan fingerprint density at radius 3 is 2.36 bits per heavy atom. The van der Waals surface area contributed by atoms with Crippen LogP contribution in [0.2, 0.25) is 0 Å². The molecule has 0 radical (unpaired) electrons. The van der Waals surface area contributed by atoms with Crippen molar-refractivity contribution in [2.75, 3.05) is 39.4 Å². The summed E-state index contributed by atoms with van der Waals surface area (Å²) in [6.45, 7) is 6.54. The van der Waals surface area contributed by atoms with Gasteiger partial charge in [0.05, 0.1) is 18.1 Å². The first kappa shape index (κ1) is 23.1. The Hall–Kier alpha value is -1.19. The molecule has 1 atom stereocenters. The highest BCUT2D eigenvalue weighted by Gasteiger charge is 2.30. The van der Waals surface area contributed by atoms with Crippen LogP contribution >= 0.6 is 12.4 Å². The molecule has 1 unspecified atom stereocenters. The normalized spacial score (nSPS) is 20.5. The molecule has 1 aromatic rings. The van der Waals surface area contributed by atoms with Crippen molar-refractivity contribution in [2.24, 2.45) is 11.7 Å². The number of rotatable bonds is 4. The second-order valence-corrected chi connectivity index (χ2v) is 9.39. The van der Waals surface area contributed by atoms with Gasteiger partial charge < -0.3 is 15.4 Å². The number of sulfonamides is 1. The van der Waals surface area contributed by atoms with Gasteiger partial charge in [-0.3, -0.25) is 4.79 Å². The van der Waals surface area contributed by atoms with Crippen LogP contribution in [0.4, 0.5) is 0 Å². The third-order valence-electron chi connectivity index (χ3n) is 5.59. The average molecular weight is 432 g/mol. The standard InChI is InChI=1S/C19H29N3O4S.ClH/c1-14-3-4-17(19(23)21-7-5-16(6-8-21)15(2)20)13-18(14)27(24,25)22-9-11-26-12-10-22;/h3-4,13,15-16H,5-12,20H2,1-2H3;1H. The van der Waals surface area contributed by atoms with E-state index in [0.29, 0.717) is 56.4 Å². The molecule has 2 N–H and O–H groups in total. The fourth-order valence-corrected chi connectivity index (χ4v) is 5.41. The second kappa shape index (κ2) is 9.54. The molecule has 2 aliphatic heterocycles. The lowest BCUT2D eigenvalue weighted by Gasteiger charge is -2.34. The maximum Gasteiger partial charge on any atom is 0.253 e. The summed E-state index contributed by atoms with van der Waals surface area (Å²) < 4.78 is 32.7. The number of carbonyl (C=O) groups excluding carboxylic acids is 1. The molecule has 1 aromatic carbocycles. The number of carbonyl (C=O) groups is 1. The van der Waals surface area contributed by atoms with Gasteiger partial charge in [-0.2, -0.15) is 4.31 Å². The van der Waals surface area contributed by atoms with E-state index in [-0.39, 0.29) is 29.3 Å². The van der Waals surface area contributed by atoms with E-state index in [2.05, 4.69) is 0 Å². The molecular weight excluding hydrogens is 402 g/mol. The van der Waals surface area contributed by atoms with Crippen LogP contribution in [-0.2, 0) is 14.8 Å². The first-order chi connectivity index (χ1) is 12.8. The first-order valence-electron chi connectivity index (χ1n) is 9.54. The topological polar surface area (TPSA) is 92.9 Å². The predicted molar refractivity (Wildman–Crippen MR) is 110 cm³/mol. The SMILES string of the molecule is Cc1ccc(C(=O)N2CCC(C(C)N)CC2)cc1S(=O)(=O)N1CCOCC1.Cl. The summed E-state index contributed by atoms with van der Waals surface area (Å²) in [7, 11) is -3.63. The van der Waals surface area contributed by atoms with E-state index in [1.165, 1.54) is 10.4 Å². The summed E-state index contributed by atoms with van der Waals surface area (Å²) in [5.41, 5.74) is 7.04. The fourth-order valence-electron chi connectivity index (χ4n) is 3.75. The van der Waals surface area contributed by atoms with Crippen LogP contribution in [-0.4, -0.2) is 69.0 Å². The van der Waals surface area contributed by atoms with Crippen molar-refractivity contribution < 1.29 is 17.9 Å². The molecule has 0 aromatic heterocycles. The number of amides is 1. The van der Waals surface area contributed by atoms with E-state index in [0.717, 1.165) is 12.8 Å². The summed E-state index contributed by atoms with van der Waals surface area (Å²) in [6.07, 6.45) is 1.77. The molecule has 2 fully saturated rings. The minimum absolute atomic E-state index is 0. The lowest BCUT2D eigenvalue weighted by atomic mass is 9.90. The van der Waals surface area contributed by atoms with E-state index < -0.39 is 10.0 Å². The molecule has 0 saturated carbocycles. The minimum atomic E-state index is -3.63. The molecular formula is C19H30ClN3O4S. The number of hydrogen-bond donors (Lipinski definition) is 1. The monoisotopic (exact) mass is 431 g/mol. The molecule has 9 heteroatoms. The lowest BCUT2D eigenvalue weighted by molar-refractivity contribution is 0.0680. The van der Waals surface area contributed by atoms with E-state index in [1.54, 1.807) is 24.0 Å². The Morgan fingerprint density at radius 2 is 1.79 bits per heavy atom. The maximum absolute atomic E-state index is 13.0. The van der Waals surface area contributed by atoms with Crippen LogP contribution in [0.25, 0.3) is 0 Å². The molecule has 3 rings (SSSR count). The van der Waals surface area contributed by atoms with Crippen molar-refractivity contribution in [3.63, 3.8) is 0 Å². The van der Waals surface area contributed by atoms with Crippen molar-refractivity contribution in [1.82, 2.24) is 9.21 Å². The maximum atomic E-state index is 13.0. The molecule has 28 heavy (non-hydrogen) atoms. The average Bonchev–Trinajstić information content (AvgIpc) is 2.68. The Morgan fingerprint density at radius 1 is 1.18 bits per heavy atom. The zero-order valence-electron chi connectivity index (χ0n) is 16.5. The van der Waals surface area contributed by atoms with E-state index >= 15 is 0 Å². The number of piperidine rings is 1. The second-order valence-electron chi connectivity index (χ2n) is 7.49. The molecule has 7 nitrogen and oxygen atoms in total. The van der Waals surface area contributed by atoms with Crippen LogP contribution in [0, 0.1) is 12.8 Å². The van der Waals surface area contributed by atoms with Crippen LogP contribution in [0.3, 0.4) is 0 Å². The first-order valence-corrected chi connectivity index (χ1v) is 11.0. The summed E-state index contributed by atoms with van der Waals surface area (Å²) in [6, 6.07) is 5.09. The number of benzene rings is 1. The summed E-state index contributed by atoms with van der Waals surface area (Å²) in [5.74, 6) is 0.320. The number of morpholine rings is 1. The Labute approximate surface area is 173 Å². The van der Waals surface area contributed by atoms with E-state index in [1.807, 2.05) is 6.92 Å². The van der Waals surface area contributed by atoms with Gasteiger partial charge in [-0.1, -0.05) is 6.07 Å². The van der Waals surface area contributed by atoms with E-state index in [9.17, 15) is 13.2 Å². The fraction of sp³-hybridized carbons (Fsp3) is 0.632. The van der Waals surface area contributed by atoms with Gasteiger partial charge in [-0.25, -0.2) is 8.42 Å². The molecule has 2 heterocycles. The highest BCUT2D eigenvalue weighted by atomic mass is 35.5. The number of halogens is 1. The zero-order valence-corrected chi connectivity index (χ0v) is 18.1. The van der Waals surface area contributed by atoms with Gasteiger partial charge in [-0.15, -0.1) is 12.4 Å². The Bertz CT molecular complexity index is 786. The predicted octanol–water partition coefficient (Wildman–Crippen LogP) is 1.64. The van der Waals surface area contributed by atoms with Gasteiger partial charge in [0.15, 0.2) is 0 Å².